The largest absolute Gasteiger partial charge is 0.484 e. The Labute approximate surface area is 214 Å². The summed E-state index contributed by atoms with van der Waals surface area (Å²) in [7, 11) is 0. The maximum Gasteiger partial charge on any atom is 0.258 e. The number of rotatable bonds is 9. The molecule has 0 aliphatic rings. The molecule has 1 atom stereocenters. The third kappa shape index (κ3) is 6.44. The maximum absolute atomic E-state index is 14.1. The molecule has 2 heterocycles. The Morgan fingerprint density at radius 1 is 1.03 bits per heavy atom. The van der Waals surface area contributed by atoms with Gasteiger partial charge in [-0.05, 0) is 53.9 Å². The normalized spacial score (nSPS) is 11.6. The van der Waals surface area contributed by atoms with Crippen molar-refractivity contribution < 1.29 is 27.5 Å². The van der Waals surface area contributed by atoms with E-state index in [1.54, 1.807) is 12.1 Å². The van der Waals surface area contributed by atoms with Gasteiger partial charge in [-0.15, -0.1) is 0 Å². The molecule has 0 aliphatic heterocycles. The molecule has 11 heteroatoms. The highest BCUT2D eigenvalue weighted by Crippen LogP contribution is 2.30. The van der Waals surface area contributed by atoms with E-state index in [1.165, 1.54) is 36.7 Å². The molecule has 38 heavy (non-hydrogen) atoms. The van der Waals surface area contributed by atoms with Crippen molar-refractivity contribution in [2.24, 2.45) is 5.73 Å². The van der Waals surface area contributed by atoms with Crippen LogP contribution in [-0.2, 0) is 11.2 Å². The summed E-state index contributed by atoms with van der Waals surface area (Å²) in [6.07, 6.45) is 2.74. The summed E-state index contributed by atoms with van der Waals surface area (Å²) in [6.45, 7) is -0.470. The number of carbonyl (C=O) groups excluding carboxylic acids is 2. The van der Waals surface area contributed by atoms with Crippen molar-refractivity contribution >= 4 is 11.8 Å². The van der Waals surface area contributed by atoms with E-state index in [4.69, 9.17) is 10.5 Å². The molecule has 4 rings (SSSR count). The van der Waals surface area contributed by atoms with Crippen LogP contribution in [0.3, 0.4) is 0 Å². The van der Waals surface area contributed by atoms with E-state index in [1.807, 2.05) is 0 Å². The average Bonchev–Trinajstić information content (AvgIpc) is 2.87. The molecule has 4 aromatic rings. The number of nitrogens with zero attached hydrogens (tertiary/aromatic N) is 1. The van der Waals surface area contributed by atoms with Crippen LogP contribution in [0.15, 0.2) is 77.9 Å². The lowest BCUT2D eigenvalue weighted by Gasteiger charge is -2.22. The van der Waals surface area contributed by atoms with Crippen LogP contribution in [0.1, 0.15) is 27.7 Å². The number of benzene rings is 2. The molecule has 2 amide bonds. The molecule has 0 aliphatic carbocycles. The predicted molar refractivity (Wildman–Crippen MR) is 132 cm³/mol. The summed E-state index contributed by atoms with van der Waals surface area (Å²) in [6, 6.07) is 11.7. The van der Waals surface area contributed by atoms with Gasteiger partial charge in [-0.3, -0.25) is 19.4 Å². The first-order valence-electron chi connectivity index (χ1n) is 11.3. The van der Waals surface area contributed by atoms with Gasteiger partial charge < -0.3 is 20.8 Å². The first-order valence-corrected chi connectivity index (χ1v) is 11.3. The topological polar surface area (TPSA) is 127 Å². The summed E-state index contributed by atoms with van der Waals surface area (Å²) < 4.78 is 47.3. The number of aromatic nitrogens is 2. The molecule has 8 nitrogen and oxygen atoms in total. The van der Waals surface area contributed by atoms with Crippen LogP contribution in [0.4, 0.5) is 13.2 Å². The van der Waals surface area contributed by atoms with Crippen molar-refractivity contribution in [3.05, 3.63) is 118 Å². The number of nitrogens with two attached hydrogens (primary N) is 1. The predicted octanol–water partition coefficient (Wildman–Crippen LogP) is 3.43. The lowest BCUT2D eigenvalue weighted by molar-refractivity contribution is -0.123. The lowest BCUT2D eigenvalue weighted by Crippen LogP contribution is -2.34. The zero-order valence-corrected chi connectivity index (χ0v) is 19.7. The Kier molecular flexibility index (Phi) is 7.86. The molecule has 0 radical (unpaired) electrons. The Morgan fingerprint density at radius 2 is 1.79 bits per heavy atom. The van der Waals surface area contributed by atoms with Crippen LogP contribution in [0.25, 0.3) is 11.1 Å². The second kappa shape index (κ2) is 11.4. The fourth-order valence-corrected chi connectivity index (χ4v) is 3.90. The summed E-state index contributed by atoms with van der Waals surface area (Å²) >= 11 is 0. The second-order valence-electron chi connectivity index (χ2n) is 8.27. The quantitative estimate of drug-likeness (QED) is 0.310. The van der Waals surface area contributed by atoms with Gasteiger partial charge in [-0.2, -0.15) is 0 Å². The molecule has 0 spiro atoms. The van der Waals surface area contributed by atoms with Crippen molar-refractivity contribution in [1.82, 2.24) is 15.3 Å². The van der Waals surface area contributed by atoms with Gasteiger partial charge in [-0.1, -0.05) is 12.1 Å². The van der Waals surface area contributed by atoms with Gasteiger partial charge in [-0.25, -0.2) is 13.2 Å². The third-order valence-electron chi connectivity index (χ3n) is 5.53. The number of hydrogen-bond acceptors (Lipinski definition) is 5. The van der Waals surface area contributed by atoms with Crippen molar-refractivity contribution in [2.75, 3.05) is 6.61 Å². The zero-order valence-electron chi connectivity index (χ0n) is 19.7. The number of pyridine rings is 2. The van der Waals surface area contributed by atoms with E-state index in [-0.39, 0.29) is 29.0 Å². The smallest absolute Gasteiger partial charge is 0.258 e. The van der Waals surface area contributed by atoms with Crippen LogP contribution >= 0.6 is 0 Å². The van der Waals surface area contributed by atoms with E-state index in [9.17, 15) is 27.6 Å². The van der Waals surface area contributed by atoms with Crippen molar-refractivity contribution in [3.63, 3.8) is 0 Å². The molecule has 0 unspecified atom stereocenters. The number of aromatic amines is 1. The van der Waals surface area contributed by atoms with Crippen LogP contribution in [0.2, 0.25) is 0 Å². The summed E-state index contributed by atoms with van der Waals surface area (Å²) in [5.41, 5.74) is 5.86. The maximum atomic E-state index is 14.1. The number of halogens is 3. The molecular formula is C27H21F3N4O4. The number of hydrogen-bond donors (Lipinski definition) is 3. The Balaban J connectivity index is 1.69. The Bertz CT molecular complexity index is 1540. The van der Waals surface area contributed by atoms with Crippen molar-refractivity contribution in [2.45, 2.75) is 12.5 Å². The van der Waals surface area contributed by atoms with E-state index >= 15 is 0 Å². The van der Waals surface area contributed by atoms with E-state index < -0.39 is 47.5 Å². The standard InChI is InChI=1S/C27H21F3N4O4/c28-17-8-15(9-18(29)12-17)10-23(34-25(36)14-38-19-5-7-32-24(35)13-19)26-20(2-1-6-33-26)16-3-4-22(30)21(11-16)27(31)37/h1-9,11-13,23H,10,14H2,(H2,31,37)(H,32,35)(H,34,36)/t23-/m0/s1. The Morgan fingerprint density at radius 3 is 2.50 bits per heavy atom. The van der Waals surface area contributed by atoms with E-state index in [2.05, 4.69) is 15.3 Å². The molecule has 0 bridgehead atoms. The minimum atomic E-state index is -0.966. The molecule has 0 saturated carbocycles. The number of ether oxygens (including phenoxy) is 1. The van der Waals surface area contributed by atoms with E-state index in [0.29, 0.717) is 11.1 Å². The molecule has 194 valence electrons. The summed E-state index contributed by atoms with van der Waals surface area (Å²) in [4.78, 5) is 42.8. The van der Waals surface area contributed by atoms with Gasteiger partial charge >= 0.3 is 0 Å². The van der Waals surface area contributed by atoms with Gasteiger partial charge in [0.2, 0.25) is 0 Å². The SMILES string of the molecule is NC(=O)c1cc(-c2cccnc2[C@H](Cc2cc(F)cc(F)c2)NC(=O)COc2cc[nH]c(=O)c2)ccc1F. The van der Waals surface area contributed by atoms with E-state index in [0.717, 1.165) is 24.3 Å². The van der Waals surface area contributed by atoms with Gasteiger partial charge in [0.25, 0.3) is 17.4 Å². The van der Waals surface area contributed by atoms with Crippen molar-refractivity contribution in [1.29, 1.82) is 0 Å². The third-order valence-corrected chi connectivity index (χ3v) is 5.53. The number of H-pyrrole nitrogens is 1. The monoisotopic (exact) mass is 522 g/mol. The highest BCUT2D eigenvalue weighted by molar-refractivity contribution is 5.94. The number of primary amides is 1. The molecule has 2 aromatic heterocycles. The van der Waals surface area contributed by atoms with Gasteiger partial charge in [0, 0.05) is 30.1 Å². The van der Waals surface area contributed by atoms with Crippen LogP contribution < -0.4 is 21.3 Å². The zero-order chi connectivity index (χ0) is 27.2. The highest BCUT2D eigenvalue weighted by atomic mass is 19.1. The number of carbonyl (C=O) groups is 2. The van der Waals surface area contributed by atoms with Crippen LogP contribution in [0, 0.1) is 17.5 Å². The van der Waals surface area contributed by atoms with Gasteiger partial charge in [0.15, 0.2) is 6.61 Å². The second-order valence-corrected chi connectivity index (χ2v) is 8.27. The van der Waals surface area contributed by atoms with Crippen molar-refractivity contribution in [3.8, 4) is 16.9 Å². The molecule has 2 aromatic carbocycles. The minimum absolute atomic E-state index is 0.0701. The van der Waals surface area contributed by atoms with Crippen LogP contribution in [0.5, 0.6) is 5.75 Å². The first-order chi connectivity index (χ1) is 18.2. The molecule has 0 saturated heterocycles. The average molecular weight is 522 g/mol. The Hall–Kier alpha value is -4.93. The fraction of sp³-hybridized carbons (Fsp3) is 0.111. The molecule has 0 fully saturated rings. The highest BCUT2D eigenvalue weighted by Gasteiger charge is 2.22. The summed E-state index contributed by atoms with van der Waals surface area (Å²) in [5.74, 6) is -3.81. The number of amides is 2. The minimum Gasteiger partial charge on any atom is -0.484 e. The molecule has 4 N–H and O–H groups in total. The number of nitrogens with one attached hydrogen (secondary N) is 2. The van der Waals surface area contributed by atoms with Gasteiger partial charge in [0.1, 0.15) is 23.2 Å². The molecular weight excluding hydrogens is 501 g/mol. The fourth-order valence-electron chi connectivity index (χ4n) is 3.90. The lowest BCUT2D eigenvalue weighted by atomic mass is 9.94. The first kappa shape index (κ1) is 26.1. The van der Waals surface area contributed by atoms with Crippen LogP contribution in [-0.4, -0.2) is 28.4 Å². The van der Waals surface area contributed by atoms with Gasteiger partial charge in [0.05, 0.1) is 17.3 Å². The summed E-state index contributed by atoms with van der Waals surface area (Å²) in [5, 5.41) is 2.74.